The summed E-state index contributed by atoms with van der Waals surface area (Å²) < 4.78 is 11.7. The molecule has 5 heteroatoms. The third-order valence-electron chi connectivity index (χ3n) is 4.58. The lowest BCUT2D eigenvalue weighted by Crippen LogP contribution is -2.52. The van der Waals surface area contributed by atoms with E-state index in [1.807, 2.05) is 43.9 Å². The summed E-state index contributed by atoms with van der Waals surface area (Å²) in [5, 5.41) is 1.10. The Morgan fingerprint density at radius 1 is 1.32 bits per heavy atom. The first kappa shape index (κ1) is 15.3. The van der Waals surface area contributed by atoms with Crippen molar-refractivity contribution in [2.45, 2.75) is 32.4 Å². The topological polar surface area (TPSA) is 53.2 Å². The second-order valence-electron chi connectivity index (χ2n) is 6.67. The molecule has 1 aliphatic heterocycles. The summed E-state index contributed by atoms with van der Waals surface area (Å²) in [6.07, 6.45) is 0. The Bertz CT molecular complexity index is 776. The van der Waals surface area contributed by atoms with E-state index in [-0.39, 0.29) is 10.7 Å². The van der Waals surface area contributed by atoms with Gasteiger partial charge in [-0.05, 0) is 51.5 Å². The van der Waals surface area contributed by atoms with E-state index < -0.39 is 10.8 Å². The summed E-state index contributed by atoms with van der Waals surface area (Å²) in [5.41, 5.74) is 4.09. The number of carbonyl (C=O) groups is 1. The quantitative estimate of drug-likeness (QED) is 0.879. The second kappa shape index (κ2) is 5.23. The number of nitrogens with one attached hydrogen (secondary N) is 1. The van der Waals surface area contributed by atoms with Crippen LogP contribution in [-0.4, -0.2) is 43.6 Å². The van der Waals surface area contributed by atoms with Gasteiger partial charge in [0.2, 0.25) is 0 Å². The average molecular weight is 318 g/mol. The smallest absolute Gasteiger partial charge is 0.253 e. The van der Waals surface area contributed by atoms with Crippen LogP contribution >= 0.6 is 0 Å². The number of amides is 1. The van der Waals surface area contributed by atoms with Gasteiger partial charge in [0.1, 0.15) is 0 Å². The van der Waals surface area contributed by atoms with Crippen LogP contribution in [0.15, 0.2) is 18.2 Å². The highest BCUT2D eigenvalue weighted by molar-refractivity contribution is 7.86. The highest BCUT2D eigenvalue weighted by atomic mass is 32.2. The van der Waals surface area contributed by atoms with Crippen LogP contribution in [0.4, 0.5) is 0 Å². The van der Waals surface area contributed by atoms with E-state index in [2.05, 4.69) is 11.9 Å². The first-order valence-electron chi connectivity index (χ1n) is 7.56. The number of aromatic nitrogens is 1. The minimum Gasteiger partial charge on any atom is -0.358 e. The van der Waals surface area contributed by atoms with Crippen molar-refractivity contribution in [3.8, 4) is 0 Å². The van der Waals surface area contributed by atoms with E-state index >= 15 is 0 Å². The molecule has 1 amide bonds. The molecule has 0 aliphatic carbocycles. The number of H-pyrrole nitrogens is 1. The number of carbonyl (C=O) groups excluding carboxylic acids is 1. The Balaban J connectivity index is 1.92. The molecule has 1 aromatic heterocycles. The zero-order chi connectivity index (χ0) is 16.1. The lowest BCUT2D eigenvalue weighted by molar-refractivity contribution is 0.0746. The summed E-state index contributed by atoms with van der Waals surface area (Å²) >= 11 is 0. The van der Waals surface area contributed by atoms with Crippen LogP contribution in [0.3, 0.4) is 0 Å². The average Bonchev–Trinajstić information content (AvgIpc) is 2.76. The van der Waals surface area contributed by atoms with Crippen molar-refractivity contribution >= 4 is 27.6 Å². The molecule has 2 heterocycles. The van der Waals surface area contributed by atoms with E-state index in [9.17, 15) is 9.00 Å². The van der Waals surface area contributed by atoms with E-state index in [1.165, 1.54) is 5.56 Å². The van der Waals surface area contributed by atoms with Crippen LogP contribution in [0.2, 0.25) is 0 Å². The van der Waals surface area contributed by atoms with E-state index in [0.717, 1.165) is 16.6 Å². The fourth-order valence-corrected chi connectivity index (χ4v) is 4.27. The van der Waals surface area contributed by atoms with Gasteiger partial charge in [-0.2, -0.15) is 0 Å². The maximum atomic E-state index is 12.8. The van der Waals surface area contributed by atoms with Crippen LogP contribution in [0.1, 0.15) is 35.5 Å². The Hall–Kier alpha value is -1.62. The van der Waals surface area contributed by atoms with Crippen molar-refractivity contribution in [3.05, 3.63) is 35.0 Å². The predicted octanol–water partition coefficient (Wildman–Crippen LogP) is 2.77. The molecule has 1 unspecified atom stereocenters. The molecule has 1 aliphatic rings. The molecule has 0 spiro atoms. The lowest BCUT2D eigenvalue weighted by Gasteiger charge is -2.37. The van der Waals surface area contributed by atoms with Crippen molar-refractivity contribution < 1.29 is 9.00 Å². The Morgan fingerprint density at radius 3 is 2.73 bits per heavy atom. The van der Waals surface area contributed by atoms with E-state index in [0.29, 0.717) is 24.4 Å². The largest absolute Gasteiger partial charge is 0.358 e. The molecule has 4 nitrogen and oxygen atoms in total. The van der Waals surface area contributed by atoms with Crippen molar-refractivity contribution in [2.75, 3.05) is 18.8 Å². The van der Waals surface area contributed by atoms with Gasteiger partial charge in [-0.3, -0.25) is 9.00 Å². The maximum absolute atomic E-state index is 12.8. The zero-order valence-electron chi connectivity index (χ0n) is 13.5. The maximum Gasteiger partial charge on any atom is 0.253 e. The van der Waals surface area contributed by atoms with Crippen LogP contribution in [0.25, 0.3) is 10.9 Å². The predicted molar refractivity (Wildman–Crippen MR) is 90.8 cm³/mol. The third kappa shape index (κ3) is 2.47. The summed E-state index contributed by atoms with van der Waals surface area (Å²) in [5.74, 6) is 0.591. The molecule has 1 saturated heterocycles. The number of rotatable bonds is 1. The molecule has 22 heavy (non-hydrogen) atoms. The van der Waals surface area contributed by atoms with Crippen LogP contribution in [-0.2, 0) is 10.8 Å². The van der Waals surface area contributed by atoms with Crippen LogP contribution in [0, 0.1) is 13.8 Å². The fourth-order valence-electron chi connectivity index (χ4n) is 3.03. The minimum atomic E-state index is -0.866. The molecule has 0 saturated carbocycles. The molecule has 1 aromatic carbocycles. The van der Waals surface area contributed by atoms with Crippen molar-refractivity contribution in [3.63, 3.8) is 0 Å². The van der Waals surface area contributed by atoms with Gasteiger partial charge in [-0.15, -0.1) is 0 Å². The molecule has 3 rings (SSSR count). The number of aromatic amines is 1. The molecular weight excluding hydrogens is 296 g/mol. The highest BCUT2D eigenvalue weighted by Crippen LogP contribution is 2.25. The first-order valence-corrected chi connectivity index (χ1v) is 8.88. The molecule has 1 N–H and O–H groups in total. The standard InChI is InChI=1S/C17H22N2O2S/c1-11-12(2)18-15-6-5-13(9-14(11)15)16(20)19-7-8-22(21)17(3,4)10-19/h5-6,9,18H,7-8,10H2,1-4H3. The van der Waals surface area contributed by atoms with Gasteiger partial charge in [0.25, 0.3) is 5.91 Å². The molecule has 1 atom stereocenters. The number of aryl methyl sites for hydroxylation is 2. The summed E-state index contributed by atoms with van der Waals surface area (Å²) in [6, 6.07) is 5.81. The van der Waals surface area contributed by atoms with Gasteiger partial charge in [0.15, 0.2) is 0 Å². The van der Waals surface area contributed by atoms with Crippen LogP contribution in [0.5, 0.6) is 0 Å². The van der Waals surface area contributed by atoms with E-state index in [1.54, 1.807) is 0 Å². The van der Waals surface area contributed by atoms with Gasteiger partial charge in [0.05, 0.1) is 4.75 Å². The third-order valence-corrected chi connectivity index (χ3v) is 6.49. The molecule has 118 valence electrons. The first-order chi connectivity index (χ1) is 10.3. The highest BCUT2D eigenvalue weighted by Gasteiger charge is 2.35. The Labute approximate surface area is 133 Å². The number of hydrogen-bond donors (Lipinski definition) is 1. The van der Waals surface area contributed by atoms with Crippen LogP contribution < -0.4 is 0 Å². The number of benzene rings is 1. The zero-order valence-corrected chi connectivity index (χ0v) is 14.3. The number of fused-ring (bicyclic) bond motifs is 1. The van der Waals surface area contributed by atoms with Gasteiger partial charge in [0, 0.05) is 51.8 Å². The lowest BCUT2D eigenvalue weighted by atomic mass is 10.1. The molecule has 1 fully saturated rings. The van der Waals surface area contributed by atoms with Gasteiger partial charge < -0.3 is 9.88 Å². The summed E-state index contributed by atoms with van der Waals surface area (Å²) in [7, 11) is -0.866. The molecular formula is C17H22N2O2S. The van der Waals surface area contributed by atoms with Crippen molar-refractivity contribution in [1.82, 2.24) is 9.88 Å². The normalized spacial score (nSPS) is 21.3. The fraction of sp³-hybridized carbons (Fsp3) is 0.471. The second-order valence-corrected chi connectivity index (χ2v) is 8.88. The summed E-state index contributed by atoms with van der Waals surface area (Å²) in [4.78, 5) is 17.9. The molecule has 0 radical (unpaired) electrons. The van der Waals surface area contributed by atoms with Gasteiger partial charge >= 0.3 is 0 Å². The monoisotopic (exact) mass is 318 g/mol. The summed E-state index contributed by atoms with van der Waals surface area (Å²) in [6.45, 7) is 9.14. The van der Waals surface area contributed by atoms with Gasteiger partial charge in [-0.1, -0.05) is 0 Å². The molecule has 0 bridgehead atoms. The Morgan fingerprint density at radius 2 is 2.05 bits per heavy atom. The number of nitrogens with zero attached hydrogens (tertiary/aromatic N) is 1. The molecule has 2 aromatic rings. The van der Waals surface area contributed by atoms with Gasteiger partial charge in [-0.25, -0.2) is 0 Å². The van der Waals surface area contributed by atoms with Crippen molar-refractivity contribution in [1.29, 1.82) is 0 Å². The number of hydrogen-bond acceptors (Lipinski definition) is 2. The Kier molecular flexibility index (Phi) is 3.63. The van der Waals surface area contributed by atoms with E-state index in [4.69, 9.17) is 0 Å². The van der Waals surface area contributed by atoms with Crippen molar-refractivity contribution in [2.24, 2.45) is 0 Å². The SMILES string of the molecule is Cc1[nH]c2ccc(C(=O)N3CCS(=O)C(C)(C)C3)cc2c1C. The minimum absolute atomic E-state index is 0.0323.